The summed E-state index contributed by atoms with van der Waals surface area (Å²) in [6.07, 6.45) is -4.42. The van der Waals surface area contributed by atoms with Gasteiger partial charge in [-0.25, -0.2) is 9.18 Å². The number of amides is 2. The van der Waals surface area contributed by atoms with Gasteiger partial charge in [-0.1, -0.05) is 12.1 Å². The highest BCUT2D eigenvalue weighted by Gasteiger charge is 2.30. The molecule has 0 saturated heterocycles. The van der Waals surface area contributed by atoms with Gasteiger partial charge >= 0.3 is 12.2 Å². The van der Waals surface area contributed by atoms with Crippen LogP contribution in [0.5, 0.6) is 5.75 Å². The number of hydrogen-bond acceptors (Lipinski definition) is 3. The summed E-state index contributed by atoms with van der Waals surface area (Å²) in [7, 11) is 3.69. The van der Waals surface area contributed by atoms with Crippen molar-refractivity contribution in [1.29, 1.82) is 0 Å². The van der Waals surface area contributed by atoms with Crippen molar-refractivity contribution in [3.8, 4) is 5.75 Å². The number of nitrogens with zero attached hydrogens (tertiary/aromatic N) is 2. The summed E-state index contributed by atoms with van der Waals surface area (Å²) in [5.41, 5.74) is 0.0541. The predicted molar refractivity (Wildman–Crippen MR) is 107 cm³/mol. The molecule has 0 radical (unpaired) electrons. The summed E-state index contributed by atoms with van der Waals surface area (Å²) >= 11 is 0. The molecule has 0 bridgehead atoms. The molecule has 9 heteroatoms. The molecule has 2 aromatic rings. The summed E-state index contributed by atoms with van der Waals surface area (Å²) in [6.45, 7) is 3.04. The molecule has 1 N–H and O–H groups in total. The fourth-order valence-corrected chi connectivity index (χ4v) is 2.65. The van der Waals surface area contributed by atoms with E-state index in [9.17, 15) is 22.4 Å². The van der Waals surface area contributed by atoms with Crippen molar-refractivity contribution in [3.63, 3.8) is 0 Å². The number of anilines is 1. The van der Waals surface area contributed by atoms with Gasteiger partial charge in [-0.2, -0.15) is 13.2 Å². The van der Waals surface area contributed by atoms with Crippen molar-refractivity contribution in [1.82, 2.24) is 9.80 Å². The molecule has 5 nitrogen and oxygen atoms in total. The quantitative estimate of drug-likeness (QED) is 0.614. The number of alkyl halides is 3. The number of rotatable bonds is 8. The van der Waals surface area contributed by atoms with Gasteiger partial charge in [0, 0.05) is 31.4 Å². The number of nitrogens with one attached hydrogen (secondary N) is 1. The van der Waals surface area contributed by atoms with Crippen molar-refractivity contribution >= 4 is 11.7 Å². The Morgan fingerprint density at radius 1 is 1.07 bits per heavy atom. The Hall–Kier alpha value is -2.81. The largest absolute Gasteiger partial charge is 0.491 e. The first-order chi connectivity index (χ1) is 14.1. The molecule has 0 aliphatic heterocycles. The summed E-state index contributed by atoms with van der Waals surface area (Å²) in [5, 5.41) is 2.62. The number of carbonyl (C=O) groups excluding carboxylic acids is 1. The Bertz CT molecular complexity index is 839. The van der Waals surface area contributed by atoms with Crippen LogP contribution in [0.2, 0.25) is 0 Å². The molecule has 0 aliphatic carbocycles. The van der Waals surface area contributed by atoms with Gasteiger partial charge in [0.05, 0.1) is 12.2 Å². The number of benzene rings is 2. The molecule has 0 aromatic heterocycles. The summed E-state index contributed by atoms with van der Waals surface area (Å²) < 4.78 is 57.4. The number of urea groups is 1. The molecule has 0 fully saturated rings. The van der Waals surface area contributed by atoms with Crippen LogP contribution in [0.1, 0.15) is 18.1 Å². The van der Waals surface area contributed by atoms with Crippen molar-refractivity contribution in [2.45, 2.75) is 19.6 Å². The van der Waals surface area contributed by atoms with Crippen LogP contribution >= 0.6 is 0 Å². The second kappa shape index (κ2) is 10.3. The Morgan fingerprint density at radius 3 is 2.27 bits per heavy atom. The molecule has 2 amide bonds. The summed E-state index contributed by atoms with van der Waals surface area (Å²) in [6, 6.07) is 8.27. The second-order valence-electron chi connectivity index (χ2n) is 6.93. The molecule has 164 valence electrons. The summed E-state index contributed by atoms with van der Waals surface area (Å²) in [5.74, 6) is -0.512. The topological polar surface area (TPSA) is 44.8 Å². The standard InChI is InChI=1S/C21H25F4N3O2/c1-4-30-19-10-9-17(13-18(19)22)26-20(29)28(12-11-27(2)3)14-15-5-7-16(8-6-15)21(23,24)25/h5-10,13H,4,11-12,14H2,1-3H3,(H,26,29). The zero-order valence-corrected chi connectivity index (χ0v) is 17.1. The van der Waals surface area contributed by atoms with Crippen molar-refractivity contribution in [2.75, 3.05) is 39.1 Å². The van der Waals surface area contributed by atoms with Gasteiger partial charge in [0.1, 0.15) is 0 Å². The van der Waals surface area contributed by atoms with Crippen molar-refractivity contribution in [2.24, 2.45) is 0 Å². The number of likely N-dealkylation sites (N-methyl/N-ethyl adjacent to an activating group) is 1. The van der Waals surface area contributed by atoms with E-state index in [2.05, 4.69) is 5.32 Å². The number of carbonyl (C=O) groups is 1. The van der Waals surface area contributed by atoms with E-state index in [0.717, 1.165) is 18.2 Å². The van der Waals surface area contributed by atoms with E-state index < -0.39 is 23.6 Å². The van der Waals surface area contributed by atoms with Crippen LogP contribution in [-0.2, 0) is 12.7 Å². The van der Waals surface area contributed by atoms with E-state index in [-0.39, 0.29) is 18.0 Å². The van der Waals surface area contributed by atoms with Crippen LogP contribution in [0.25, 0.3) is 0 Å². The van der Waals surface area contributed by atoms with Crippen LogP contribution in [-0.4, -0.2) is 49.6 Å². The highest BCUT2D eigenvalue weighted by Crippen LogP contribution is 2.29. The average molecular weight is 427 g/mol. The lowest BCUT2D eigenvalue weighted by Gasteiger charge is -2.25. The Morgan fingerprint density at radius 2 is 1.73 bits per heavy atom. The Kier molecular flexibility index (Phi) is 8.05. The van der Waals surface area contributed by atoms with Crippen LogP contribution in [0.4, 0.5) is 28.0 Å². The normalized spacial score (nSPS) is 11.5. The third-order valence-corrected chi connectivity index (χ3v) is 4.24. The first kappa shape index (κ1) is 23.5. The molecule has 0 aliphatic rings. The Labute approximate surface area is 173 Å². The number of ether oxygens (including phenoxy) is 1. The van der Waals surface area contributed by atoms with E-state index in [0.29, 0.717) is 25.3 Å². The first-order valence-corrected chi connectivity index (χ1v) is 9.39. The van der Waals surface area contributed by atoms with E-state index in [4.69, 9.17) is 4.74 Å². The molecular formula is C21H25F4N3O2. The maximum absolute atomic E-state index is 14.0. The number of hydrogen-bond donors (Lipinski definition) is 1. The monoisotopic (exact) mass is 427 g/mol. The van der Waals surface area contributed by atoms with Crippen molar-refractivity contribution in [3.05, 3.63) is 59.4 Å². The second-order valence-corrected chi connectivity index (χ2v) is 6.93. The van der Waals surface area contributed by atoms with E-state index >= 15 is 0 Å². The molecule has 0 spiro atoms. The molecular weight excluding hydrogens is 402 g/mol. The fourth-order valence-electron chi connectivity index (χ4n) is 2.65. The smallest absolute Gasteiger partial charge is 0.416 e. The van der Waals surface area contributed by atoms with Gasteiger partial charge < -0.3 is 19.9 Å². The first-order valence-electron chi connectivity index (χ1n) is 9.39. The minimum Gasteiger partial charge on any atom is -0.491 e. The van der Waals surface area contributed by atoms with Crippen LogP contribution in [0.3, 0.4) is 0 Å². The zero-order valence-electron chi connectivity index (χ0n) is 17.1. The predicted octanol–water partition coefficient (Wildman–Crippen LogP) is 4.84. The van der Waals surface area contributed by atoms with Gasteiger partial charge in [-0.15, -0.1) is 0 Å². The van der Waals surface area contributed by atoms with Crippen LogP contribution in [0.15, 0.2) is 42.5 Å². The van der Waals surface area contributed by atoms with Gasteiger partial charge in [-0.05, 0) is 50.8 Å². The van der Waals surface area contributed by atoms with E-state index in [1.807, 2.05) is 19.0 Å². The van der Waals surface area contributed by atoms with Gasteiger partial charge in [-0.3, -0.25) is 0 Å². The third-order valence-electron chi connectivity index (χ3n) is 4.24. The maximum Gasteiger partial charge on any atom is 0.416 e. The lowest BCUT2D eigenvalue weighted by Crippen LogP contribution is -2.39. The highest BCUT2D eigenvalue weighted by atomic mass is 19.4. The summed E-state index contributed by atoms with van der Waals surface area (Å²) in [4.78, 5) is 16.1. The molecule has 30 heavy (non-hydrogen) atoms. The molecule has 2 rings (SSSR count). The lowest BCUT2D eigenvalue weighted by atomic mass is 10.1. The Balaban J connectivity index is 2.13. The minimum atomic E-state index is -4.42. The van der Waals surface area contributed by atoms with Gasteiger partial charge in [0.15, 0.2) is 11.6 Å². The zero-order chi connectivity index (χ0) is 22.3. The SMILES string of the molecule is CCOc1ccc(NC(=O)N(CCN(C)C)Cc2ccc(C(F)(F)F)cc2)cc1F. The van der Waals surface area contributed by atoms with Gasteiger partial charge in [0.25, 0.3) is 0 Å². The fraction of sp³-hybridized carbons (Fsp3) is 0.381. The van der Waals surface area contributed by atoms with E-state index in [1.54, 1.807) is 6.92 Å². The molecule has 0 unspecified atom stereocenters. The van der Waals surface area contributed by atoms with Crippen LogP contribution < -0.4 is 10.1 Å². The highest BCUT2D eigenvalue weighted by molar-refractivity contribution is 5.89. The van der Waals surface area contributed by atoms with Crippen molar-refractivity contribution < 1.29 is 27.1 Å². The number of halogens is 4. The molecule has 0 atom stereocenters. The van der Waals surface area contributed by atoms with Crippen LogP contribution in [0, 0.1) is 5.82 Å². The lowest BCUT2D eigenvalue weighted by molar-refractivity contribution is -0.137. The molecule has 0 heterocycles. The minimum absolute atomic E-state index is 0.0877. The third kappa shape index (κ3) is 6.91. The van der Waals surface area contributed by atoms with E-state index in [1.165, 1.54) is 29.2 Å². The molecule has 2 aromatic carbocycles. The average Bonchev–Trinajstić information content (AvgIpc) is 2.66. The van der Waals surface area contributed by atoms with Gasteiger partial charge in [0.2, 0.25) is 0 Å². The maximum atomic E-state index is 14.0. The molecule has 0 saturated carbocycles.